The number of benzene rings is 1. The van der Waals surface area contributed by atoms with Gasteiger partial charge in [0.05, 0.1) is 0 Å². The molecule has 4 heteroatoms. The third kappa shape index (κ3) is 4.68. The standard InChI is InChI=1S/C12H15NO3/c14-9-8-12(10-13(15)16)7-6-11-4-2-1-3-5-11/h1-5,9,12H,6-8,10H2/t12-/m1/s1. The average molecular weight is 221 g/mol. The number of carbonyl (C=O) groups excluding carboxylic acids is 1. The molecule has 1 atom stereocenters. The Labute approximate surface area is 94.4 Å². The van der Waals surface area contributed by atoms with E-state index in [0.29, 0.717) is 6.42 Å². The molecule has 0 bridgehead atoms. The third-order valence-electron chi connectivity index (χ3n) is 2.52. The number of rotatable bonds is 7. The molecule has 0 aromatic heterocycles. The predicted molar refractivity (Wildman–Crippen MR) is 60.8 cm³/mol. The molecule has 4 nitrogen and oxygen atoms in total. The van der Waals surface area contributed by atoms with E-state index in [1.54, 1.807) is 0 Å². The van der Waals surface area contributed by atoms with Gasteiger partial charge in [-0.25, -0.2) is 0 Å². The lowest BCUT2D eigenvalue weighted by Crippen LogP contribution is -2.15. The van der Waals surface area contributed by atoms with Crippen LogP contribution in [0.4, 0.5) is 0 Å². The van der Waals surface area contributed by atoms with Crippen LogP contribution >= 0.6 is 0 Å². The molecule has 0 spiro atoms. The quantitative estimate of drug-likeness (QED) is 0.402. The van der Waals surface area contributed by atoms with E-state index >= 15 is 0 Å². The van der Waals surface area contributed by atoms with Gasteiger partial charge in [-0.3, -0.25) is 10.1 Å². The lowest BCUT2D eigenvalue weighted by atomic mass is 9.97. The first-order valence-electron chi connectivity index (χ1n) is 5.31. The Kier molecular flexibility index (Phi) is 5.19. The monoisotopic (exact) mass is 221 g/mol. The van der Waals surface area contributed by atoms with Crippen LogP contribution in [0.15, 0.2) is 30.3 Å². The van der Waals surface area contributed by atoms with Gasteiger partial charge < -0.3 is 4.79 Å². The Bertz CT molecular complexity index is 337. The van der Waals surface area contributed by atoms with Crippen LogP contribution < -0.4 is 0 Å². The van der Waals surface area contributed by atoms with Gasteiger partial charge in [0.2, 0.25) is 6.54 Å². The number of hydrogen-bond acceptors (Lipinski definition) is 3. The number of hydrogen-bond donors (Lipinski definition) is 0. The second-order valence-corrected chi connectivity index (χ2v) is 3.81. The zero-order chi connectivity index (χ0) is 11.8. The summed E-state index contributed by atoms with van der Waals surface area (Å²) in [6.07, 6.45) is 2.50. The Morgan fingerprint density at radius 2 is 2.00 bits per heavy atom. The molecular weight excluding hydrogens is 206 g/mol. The maximum absolute atomic E-state index is 10.4. The molecule has 86 valence electrons. The van der Waals surface area contributed by atoms with Gasteiger partial charge in [-0.05, 0) is 18.4 Å². The smallest absolute Gasteiger partial charge is 0.207 e. The number of nitro groups is 1. The molecule has 0 aliphatic carbocycles. The Hall–Kier alpha value is -1.71. The Balaban J connectivity index is 2.43. The van der Waals surface area contributed by atoms with Crippen LogP contribution in [-0.2, 0) is 11.2 Å². The molecule has 0 heterocycles. The van der Waals surface area contributed by atoms with Gasteiger partial charge in [0.15, 0.2) is 0 Å². The molecule has 0 unspecified atom stereocenters. The molecule has 1 aromatic carbocycles. The minimum Gasteiger partial charge on any atom is -0.303 e. The van der Waals surface area contributed by atoms with Crippen molar-refractivity contribution in [3.05, 3.63) is 46.0 Å². The summed E-state index contributed by atoms with van der Waals surface area (Å²) >= 11 is 0. The minimum atomic E-state index is -0.348. The van der Waals surface area contributed by atoms with Crippen molar-refractivity contribution in [2.45, 2.75) is 19.3 Å². The number of nitrogens with zero attached hydrogens (tertiary/aromatic N) is 1. The number of aldehydes is 1. The highest BCUT2D eigenvalue weighted by atomic mass is 16.6. The van der Waals surface area contributed by atoms with Crippen LogP contribution in [0.5, 0.6) is 0 Å². The molecule has 0 fully saturated rings. The summed E-state index contributed by atoms with van der Waals surface area (Å²) in [4.78, 5) is 20.4. The first kappa shape index (κ1) is 12.4. The first-order valence-corrected chi connectivity index (χ1v) is 5.31. The van der Waals surface area contributed by atoms with Crippen molar-refractivity contribution >= 4 is 6.29 Å². The molecule has 0 saturated carbocycles. The normalized spacial score (nSPS) is 12.0. The molecule has 16 heavy (non-hydrogen) atoms. The van der Waals surface area contributed by atoms with Gasteiger partial charge >= 0.3 is 0 Å². The lowest BCUT2D eigenvalue weighted by molar-refractivity contribution is -0.488. The van der Waals surface area contributed by atoms with E-state index in [9.17, 15) is 14.9 Å². The van der Waals surface area contributed by atoms with Crippen molar-refractivity contribution < 1.29 is 9.72 Å². The van der Waals surface area contributed by atoms with Crippen molar-refractivity contribution in [1.29, 1.82) is 0 Å². The van der Waals surface area contributed by atoms with Crippen LogP contribution in [0.3, 0.4) is 0 Å². The molecule has 0 radical (unpaired) electrons. The SMILES string of the molecule is O=CC[C@@H](CCc1ccccc1)C[N+](=O)[O-]. The van der Waals surface area contributed by atoms with E-state index in [1.165, 1.54) is 0 Å². The van der Waals surface area contributed by atoms with Crippen molar-refractivity contribution in [3.63, 3.8) is 0 Å². The fraction of sp³-hybridized carbons (Fsp3) is 0.417. The topological polar surface area (TPSA) is 60.2 Å². The average Bonchev–Trinajstić information content (AvgIpc) is 2.27. The first-order chi connectivity index (χ1) is 7.72. The van der Waals surface area contributed by atoms with Crippen molar-refractivity contribution in [2.24, 2.45) is 5.92 Å². The maximum Gasteiger partial charge on any atom is 0.207 e. The van der Waals surface area contributed by atoms with Crippen LogP contribution in [-0.4, -0.2) is 17.8 Å². The van der Waals surface area contributed by atoms with Gasteiger partial charge in [0, 0.05) is 17.3 Å². The van der Waals surface area contributed by atoms with Crippen LogP contribution in [0, 0.1) is 16.0 Å². The van der Waals surface area contributed by atoms with Crippen molar-refractivity contribution in [3.8, 4) is 0 Å². The summed E-state index contributed by atoms with van der Waals surface area (Å²) < 4.78 is 0. The second kappa shape index (κ2) is 6.71. The summed E-state index contributed by atoms with van der Waals surface area (Å²) in [5.74, 6) is -0.146. The summed E-state index contributed by atoms with van der Waals surface area (Å²) in [5.41, 5.74) is 1.15. The largest absolute Gasteiger partial charge is 0.303 e. The van der Waals surface area contributed by atoms with E-state index in [2.05, 4.69) is 0 Å². The maximum atomic E-state index is 10.4. The highest BCUT2D eigenvalue weighted by Crippen LogP contribution is 2.12. The zero-order valence-corrected chi connectivity index (χ0v) is 9.04. The molecular formula is C12H15NO3. The Morgan fingerprint density at radius 3 is 2.56 bits per heavy atom. The summed E-state index contributed by atoms with van der Waals surface area (Å²) in [6, 6.07) is 9.80. The molecule has 0 N–H and O–H groups in total. The van der Waals surface area contributed by atoms with Crippen LogP contribution in [0.1, 0.15) is 18.4 Å². The molecule has 0 saturated heterocycles. The lowest BCUT2D eigenvalue weighted by Gasteiger charge is -2.08. The van der Waals surface area contributed by atoms with E-state index in [1.807, 2.05) is 30.3 Å². The molecule has 0 aliphatic rings. The fourth-order valence-corrected chi connectivity index (χ4v) is 1.65. The van der Waals surface area contributed by atoms with E-state index in [0.717, 1.165) is 18.3 Å². The molecule has 0 aliphatic heterocycles. The van der Waals surface area contributed by atoms with E-state index < -0.39 is 0 Å². The summed E-state index contributed by atoms with van der Waals surface area (Å²) in [5, 5.41) is 10.4. The number of aryl methyl sites for hydroxylation is 1. The Morgan fingerprint density at radius 1 is 1.31 bits per heavy atom. The molecule has 1 aromatic rings. The molecule has 0 amide bonds. The van der Waals surface area contributed by atoms with Crippen LogP contribution in [0.25, 0.3) is 0 Å². The van der Waals surface area contributed by atoms with Crippen LogP contribution in [0.2, 0.25) is 0 Å². The van der Waals surface area contributed by atoms with Gasteiger partial charge in [-0.15, -0.1) is 0 Å². The summed E-state index contributed by atoms with van der Waals surface area (Å²) in [7, 11) is 0. The van der Waals surface area contributed by atoms with Crippen molar-refractivity contribution in [1.82, 2.24) is 0 Å². The van der Waals surface area contributed by atoms with Crippen molar-refractivity contribution in [2.75, 3.05) is 6.54 Å². The zero-order valence-electron chi connectivity index (χ0n) is 9.04. The predicted octanol–water partition coefficient (Wildman–Crippen LogP) is 2.10. The van der Waals surface area contributed by atoms with Gasteiger partial charge in [0.1, 0.15) is 6.29 Å². The summed E-state index contributed by atoms with van der Waals surface area (Å²) in [6.45, 7) is -0.119. The molecule has 1 rings (SSSR count). The fourth-order valence-electron chi connectivity index (χ4n) is 1.65. The van der Waals surface area contributed by atoms with E-state index in [-0.39, 0.29) is 23.8 Å². The third-order valence-corrected chi connectivity index (χ3v) is 2.52. The second-order valence-electron chi connectivity index (χ2n) is 3.81. The number of carbonyl (C=O) groups is 1. The van der Waals surface area contributed by atoms with Gasteiger partial charge in [0.25, 0.3) is 0 Å². The van der Waals surface area contributed by atoms with Gasteiger partial charge in [-0.2, -0.15) is 0 Å². The highest BCUT2D eigenvalue weighted by molar-refractivity contribution is 5.49. The van der Waals surface area contributed by atoms with E-state index in [4.69, 9.17) is 0 Å². The van der Waals surface area contributed by atoms with Gasteiger partial charge in [-0.1, -0.05) is 30.3 Å². The highest BCUT2D eigenvalue weighted by Gasteiger charge is 2.14. The minimum absolute atomic E-state index is 0.119.